The number of carbonyl (C=O) groups is 1. The smallest absolute Gasteiger partial charge is 0.249 e. The molecule has 1 aromatic rings. The van der Waals surface area contributed by atoms with E-state index in [9.17, 15) is 9.18 Å². The third kappa shape index (κ3) is 3.52. The van der Waals surface area contributed by atoms with Gasteiger partial charge in [-0.05, 0) is 37.5 Å². The van der Waals surface area contributed by atoms with E-state index in [1.54, 1.807) is 12.1 Å². The van der Waals surface area contributed by atoms with Crippen LogP contribution in [0.1, 0.15) is 31.4 Å². The maximum atomic E-state index is 13.1. The summed E-state index contributed by atoms with van der Waals surface area (Å²) in [5.41, 5.74) is 6.24. The second-order valence-electron chi connectivity index (χ2n) is 4.85. The highest BCUT2D eigenvalue weighted by Gasteiger charge is 2.30. The van der Waals surface area contributed by atoms with E-state index < -0.39 is 6.10 Å². The average molecular weight is 266 g/mol. The molecule has 5 heteroatoms. The van der Waals surface area contributed by atoms with E-state index in [0.717, 1.165) is 12.0 Å². The Kier molecular flexibility index (Phi) is 4.50. The fraction of sp³-hybridized carbons (Fsp3) is 0.500. The zero-order valence-corrected chi connectivity index (χ0v) is 10.9. The lowest BCUT2D eigenvalue weighted by molar-refractivity contribution is -0.132. The van der Waals surface area contributed by atoms with Crippen LogP contribution in [0, 0.1) is 5.82 Å². The first-order chi connectivity index (χ1) is 9.10. The van der Waals surface area contributed by atoms with E-state index in [2.05, 4.69) is 5.32 Å². The normalized spacial score (nSPS) is 24.2. The van der Waals surface area contributed by atoms with E-state index in [-0.39, 0.29) is 23.9 Å². The molecule has 0 spiro atoms. The second kappa shape index (κ2) is 6.12. The van der Waals surface area contributed by atoms with E-state index >= 15 is 0 Å². The van der Waals surface area contributed by atoms with Crippen molar-refractivity contribution in [3.8, 4) is 0 Å². The highest BCUT2D eigenvalue weighted by atomic mass is 19.1. The van der Waals surface area contributed by atoms with Crippen molar-refractivity contribution in [3.05, 3.63) is 35.6 Å². The molecule has 1 aliphatic heterocycles. The van der Waals surface area contributed by atoms with Crippen LogP contribution in [0.5, 0.6) is 0 Å². The highest BCUT2D eigenvalue weighted by Crippen LogP contribution is 2.20. The topological polar surface area (TPSA) is 64.4 Å². The second-order valence-corrected chi connectivity index (χ2v) is 4.85. The Bertz CT molecular complexity index is 453. The van der Waals surface area contributed by atoms with E-state index in [4.69, 9.17) is 10.5 Å². The molecule has 2 rings (SSSR count). The number of benzene rings is 1. The van der Waals surface area contributed by atoms with Gasteiger partial charge in [-0.25, -0.2) is 4.39 Å². The number of hydrogen-bond donors (Lipinski definition) is 2. The molecule has 19 heavy (non-hydrogen) atoms. The van der Waals surface area contributed by atoms with Gasteiger partial charge in [-0.15, -0.1) is 0 Å². The minimum atomic E-state index is -0.440. The molecule has 0 saturated carbocycles. The van der Waals surface area contributed by atoms with Crippen LogP contribution in [0.3, 0.4) is 0 Å². The van der Waals surface area contributed by atoms with Gasteiger partial charge in [-0.2, -0.15) is 0 Å². The van der Waals surface area contributed by atoms with Gasteiger partial charge in [0, 0.05) is 6.54 Å². The predicted octanol–water partition coefficient (Wildman–Crippen LogP) is 1.51. The Morgan fingerprint density at radius 3 is 3.00 bits per heavy atom. The number of amides is 1. The van der Waals surface area contributed by atoms with Crippen LogP contribution >= 0.6 is 0 Å². The fourth-order valence-corrected chi connectivity index (χ4v) is 2.24. The number of halogens is 1. The summed E-state index contributed by atoms with van der Waals surface area (Å²) < 4.78 is 18.6. The summed E-state index contributed by atoms with van der Waals surface area (Å²) in [5, 5.41) is 2.84. The summed E-state index contributed by atoms with van der Waals surface area (Å²) in [5.74, 6) is -0.466. The van der Waals surface area contributed by atoms with Gasteiger partial charge >= 0.3 is 0 Å². The van der Waals surface area contributed by atoms with Crippen molar-refractivity contribution < 1.29 is 13.9 Å². The molecule has 3 atom stereocenters. The Hall–Kier alpha value is -1.46. The van der Waals surface area contributed by atoms with Crippen molar-refractivity contribution >= 4 is 5.91 Å². The third-order valence-electron chi connectivity index (χ3n) is 3.37. The van der Waals surface area contributed by atoms with Crippen LogP contribution in [-0.2, 0) is 9.53 Å². The lowest BCUT2D eigenvalue weighted by atomic mass is 10.1. The first-order valence-corrected chi connectivity index (χ1v) is 6.51. The first-order valence-electron chi connectivity index (χ1n) is 6.51. The number of nitrogens with one attached hydrogen (secondary N) is 1. The monoisotopic (exact) mass is 266 g/mol. The molecule has 104 valence electrons. The van der Waals surface area contributed by atoms with Crippen molar-refractivity contribution in [1.82, 2.24) is 5.32 Å². The number of ether oxygens (including phenoxy) is 1. The van der Waals surface area contributed by atoms with E-state index in [1.807, 2.05) is 6.92 Å². The lowest BCUT2D eigenvalue weighted by Gasteiger charge is -2.18. The van der Waals surface area contributed by atoms with Crippen LogP contribution < -0.4 is 11.1 Å². The van der Waals surface area contributed by atoms with Gasteiger partial charge in [-0.1, -0.05) is 12.1 Å². The first kappa shape index (κ1) is 14.0. The Labute approximate surface area is 112 Å². The minimum Gasteiger partial charge on any atom is -0.364 e. The Morgan fingerprint density at radius 2 is 2.37 bits per heavy atom. The SMILES string of the molecule is C[C@H](NC(=O)C1CCC(CN)O1)c1cccc(F)c1. The van der Waals surface area contributed by atoms with Gasteiger partial charge in [0.1, 0.15) is 11.9 Å². The predicted molar refractivity (Wildman–Crippen MR) is 69.9 cm³/mol. The molecule has 1 heterocycles. The number of hydrogen-bond acceptors (Lipinski definition) is 3. The van der Waals surface area contributed by atoms with Gasteiger partial charge in [0.2, 0.25) is 5.91 Å². The summed E-state index contributed by atoms with van der Waals surface area (Å²) >= 11 is 0. The third-order valence-corrected chi connectivity index (χ3v) is 3.37. The van der Waals surface area contributed by atoms with Crippen molar-refractivity contribution in [1.29, 1.82) is 0 Å². The van der Waals surface area contributed by atoms with Crippen molar-refractivity contribution in [3.63, 3.8) is 0 Å². The van der Waals surface area contributed by atoms with Crippen LogP contribution in [0.15, 0.2) is 24.3 Å². The van der Waals surface area contributed by atoms with Gasteiger partial charge in [-0.3, -0.25) is 4.79 Å². The maximum Gasteiger partial charge on any atom is 0.249 e. The number of carbonyl (C=O) groups excluding carboxylic acids is 1. The Balaban J connectivity index is 1.92. The fourth-order valence-electron chi connectivity index (χ4n) is 2.24. The molecular weight excluding hydrogens is 247 g/mol. The average Bonchev–Trinajstić information content (AvgIpc) is 2.87. The minimum absolute atomic E-state index is 0.0276. The maximum absolute atomic E-state index is 13.1. The summed E-state index contributed by atoms with van der Waals surface area (Å²) in [6.07, 6.45) is 1.02. The summed E-state index contributed by atoms with van der Waals surface area (Å²) in [6.45, 7) is 2.26. The summed E-state index contributed by atoms with van der Waals surface area (Å²) in [7, 11) is 0. The number of rotatable bonds is 4. The van der Waals surface area contributed by atoms with Gasteiger partial charge in [0.05, 0.1) is 12.1 Å². The molecule has 0 bridgehead atoms. The molecule has 1 saturated heterocycles. The van der Waals surface area contributed by atoms with E-state index in [0.29, 0.717) is 13.0 Å². The van der Waals surface area contributed by atoms with Gasteiger partial charge < -0.3 is 15.8 Å². The van der Waals surface area contributed by atoms with Crippen molar-refractivity contribution in [2.75, 3.05) is 6.54 Å². The summed E-state index contributed by atoms with van der Waals surface area (Å²) in [6, 6.07) is 5.96. The molecule has 0 aliphatic carbocycles. The molecule has 3 N–H and O–H groups in total. The molecule has 0 aromatic heterocycles. The molecule has 4 nitrogen and oxygen atoms in total. The zero-order chi connectivity index (χ0) is 13.8. The largest absolute Gasteiger partial charge is 0.364 e. The molecule has 0 radical (unpaired) electrons. The molecular formula is C14H19FN2O2. The van der Waals surface area contributed by atoms with Gasteiger partial charge in [0.15, 0.2) is 0 Å². The quantitative estimate of drug-likeness (QED) is 0.868. The summed E-state index contributed by atoms with van der Waals surface area (Å²) in [4.78, 5) is 12.0. The van der Waals surface area contributed by atoms with Crippen LogP contribution in [0.4, 0.5) is 4.39 Å². The van der Waals surface area contributed by atoms with Crippen molar-refractivity contribution in [2.45, 2.75) is 38.0 Å². The zero-order valence-electron chi connectivity index (χ0n) is 10.9. The molecule has 1 amide bonds. The number of nitrogens with two attached hydrogens (primary N) is 1. The molecule has 1 aliphatic rings. The van der Waals surface area contributed by atoms with E-state index in [1.165, 1.54) is 12.1 Å². The van der Waals surface area contributed by atoms with Crippen LogP contribution in [0.2, 0.25) is 0 Å². The molecule has 1 fully saturated rings. The Morgan fingerprint density at radius 1 is 1.58 bits per heavy atom. The van der Waals surface area contributed by atoms with Gasteiger partial charge in [0.25, 0.3) is 0 Å². The van der Waals surface area contributed by atoms with Crippen molar-refractivity contribution in [2.24, 2.45) is 5.73 Å². The van der Waals surface area contributed by atoms with Crippen LogP contribution in [-0.4, -0.2) is 24.7 Å². The molecule has 1 aromatic carbocycles. The highest BCUT2D eigenvalue weighted by molar-refractivity contribution is 5.81. The molecule has 2 unspecified atom stereocenters. The lowest BCUT2D eigenvalue weighted by Crippen LogP contribution is -2.37. The van der Waals surface area contributed by atoms with Crippen LogP contribution in [0.25, 0.3) is 0 Å². The standard InChI is InChI=1S/C14H19FN2O2/c1-9(10-3-2-4-11(15)7-10)17-14(18)13-6-5-12(8-16)19-13/h2-4,7,9,12-13H,5-6,8,16H2,1H3,(H,17,18)/t9-,12?,13?/m0/s1.